The van der Waals surface area contributed by atoms with Crippen molar-refractivity contribution in [3.05, 3.63) is 78.2 Å². The van der Waals surface area contributed by atoms with Crippen molar-refractivity contribution in [1.82, 2.24) is 4.98 Å². The highest BCUT2D eigenvalue weighted by molar-refractivity contribution is 6.09. The van der Waals surface area contributed by atoms with Crippen LogP contribution in [0.4, 0.5) is 10.5 Å². The Morgan fingerprint density at radius 2 is 1.73 bits per heavy atom. The molecule has 0 unspecified atom stereocenters. The number of hydrogen-bond donors (Lipinski definition) is 2. The molecule has 0 atom stereocenters. The summed E-state index contributed by atoms with van der Waals surface area (Å²) < 4.78 is 10.9. The molecule has 6 nitrogen and oxygen atoms in total. The number of hydrogen-bond acceptors (Lipinski definition) is 4. The van der Waals surface area contributed by atoms with Crippen LogP contribution in [-0.2, 0) is 4.74 Å². The first-order valence-electron chi connectivity index (χ1n) is 9.61. The molecular formula is C24H22N2O4. The molecule has 0 aliphatic carbocycles. The summed E-state index contributed by atoms with van der Waals surface area (Å²) in [5.41, 5.74) is 2.94. The van der Waals surface area contributed by atoms with Gasteiger partial charge in [-0.15, -0.1) is 0 Å². The quantitative estimate of drug-likeness (QED) is 0.410. The minimum Gasteiger partial charge on any atom is -0.453 e. The lowest BCUT2D eigenvalue weighted by atomic mass is 10.1. The van der Waals surface area contributed by atoms with Crippen LogP contribution in [0.3, 0.4) is 0 Å². The maximum atomic E-state index is 12.8. The summed E-state index contributed by atoms with van der Waals surface area (Å²) in [5, 5.41) is 3.59. The van der Waals surface area contributed by atoms with Crippen LogP contribution in [0.25, 0.3) is 22.2 Å². The van der Waals surface area contributed by atoms with Gasteiger partial charge in [0.1, 0.15) is 11.2 Å². The van der Waals surface area contributed by atoms with E-state index in [-0.39, 0.29) is 5.78 Å². The van der Waals surface area contributed by atoms with Crippen molar-refractivity contribution < 1.29 is 18.7 Å². The molecule has 4 aromatic rings. The molecular weight excluding hydrogens is 380 g/mol. The average Bonchev–Trinajstić information content (AvgIpc) is 3.34. The number of benzene rings is 2. The van der Waals surface area contributed by atoms with Gasteiger partial charge in [0.15, 0.2) is 5.76 Å². The van der Waals surface area contributed by atoms with Gasteiger partial charge >= 0.3 is 6.09 Å². The van der Waals surface area contributed by atoms with Gasteiger partial charge in [0.05, 0.1) is 0 Å². The summed E-state index contributed by atoms with van der Waals surface area (Å²) in [7, 11) is 0. The van der Waals surface area contributed by atoms with Crippen molar-refractivity contribution in [3.8, 4) is 11.3 Å². The lowest BCUT2D eigenvalue weighted by Gasteiger charge is -2.19. The third kappa shape index (κ3) is 4.27. The van der Waals surface area contributed by atoms with Crippen molar-refractivity contribution in [1.29, 1.82) is 0 Å². The second kappa shape index (κ2) is 7.55. The molecule has 30 heavy (non-hydrogen) atoms. The van der Waals surface area contributed by atoms with E-state index in [4.69, 9.17) is 9.15 Å². The number of nitrogens with one attached hydrogen (secondary N) is 2. The molecule has 0 radical (unpaired) electrons. The topological polar surface area (TPSA) is 84.3 Å². The van der Waals surface area contributed by atoms with Crippen LogP contribution in [0.15, 0.2) is 71.3 Å². The number of carbonyl (C=O) groups is 2. The van der Waals surface area contributed by atoms with Gasteiger partial charge in [-0.3, -0.25) is 10.1 Å². The van der Waals surface area contributed by atoms with E-state index >= 15 is 0 Å². The summed E-state index contributed by atoms with van der Waals surface area (Å²) in [6.07, 6.45) is 1.16. The van der Waals surface area contributed by atoms with Crippen molar-refractivity contribution in [2.75, 3.05) is 5.32 Å². The summed E-state index contributed by atoms with van der Waals surface area (Å²) in [6, 6.07) is 18.3. The van der Waals surface area contributed by atoms with Gasteiger partial charge in [-0.05, 0) is 56.7 Å². The fourth-order valence-corrected chi connectivity index (χ4v) is 3.08. The Balaban J connectivity index is 1.48. The number of para-hydroxylation sites is 1. The van der Waals surface area contributed by atoms with E-state index in [0.29, 0.717) is 22.6 Å². The van der Waals surface area contributed by atoms with Crippen LogP contribution in [-0.4, -0.2) is 22.5 Å². The fraction of sp³-hybridized carbons (Fsp3) is 0.167. The number of anilines is 1. The van der Waals surface area contributed by atoms with E-state index in [9.17, 15) is 9.59 Å². The van der Waals surface area contributed by atoms with E-state index in [1.165, 1.54) is 0 Å². The first-order chi connectivity index (χ1) is 14.3. The van der Waals surface area contributed by atoms with E-state index in [2.05, 4.69) is 10.3 Å². The van der Waals surface area contributed by atoms with E-state index in [1.807, 2.05) is 57.2 Å². The minimum absolute atomic E-state index is 0.183. The Kier molecular flexibility index (Phi) is 4.91. The first kappa shape index (κ1) is 19.5. The van der Waals surface area contributed by atoms with Crippen LogP contribution in [0.1, 0.15) is 36.9 Å². The molecule has 4 rings (SSSR count). The summed E-state index contributed by atoms with van der Waals surface area (Å²) in [6.45, 7) is 5.43. The Bertz CT molecular complexity index is 1180. The molecule has 2 N–H and O–H groups in total. The molecule has 6 heteroatoms. The molecule has 0 spiro atoms. The third-order valence-electron chi connectivity index (χ3n) is 4.44. The van der Waals surface area contributed by atoms with Gasteiger partial charge in [0.25, 0.3) is 0 Å². The summed E-state index contributed by atoms with van der Waals surface area (Å²) in [5.74, 6) is 0.121. The molecule has 0 aliphatic heterocycles. The monoisotopic (exact) mass is 402 g/mol. The molecule has 0 saturated heterocycles. The maximum absolute atomic E-state index is 12.8. The van der Waals surface area contributed by atoms with Crippen molar-refractivity contribution in [2.45, 2.75) is 26.4 Å². The summed E-state index contributed by atoms with van der Waals surface area (Å²) in [4.78, 5) is 27.8. The molecule has 2 aromatic heterocycles. The highest BCUT2D eigenvalue weighted by Gasteiger charge is 2.18. The molecule has 2 aromatic carbocycles. The number of furan rings is 1. The van der Waals surface area contributed by atoms with Crippen LogP contribution < -0.4 is 5.32 Å². The van der Waals surface area contributed by atoms with Crippen molar-refractivity contribution in [2.24, 2.45) is 0 Å². The predicted octanol–water partition coefficient (Wildman–Crippen LogP) is 6.01. The summed E-state index contributed by atoms with van der Waals surface area (Å²) >= 11 is 0. The number of ether oxygens (including phenoxy) is 1. The Hall–Kier alpha value is -3.80. The van der Waals surface area contributed by atoms with Crippen LogP contribution in [0.2, 0.25) is 0 Å². The van der Waals surface area contributed by atoms with E-state index < -0.39 is 11.7 Å². The standard InChI is InChI=1S/C24H22N2O4/c1-24(2,3)30-23(28)26-18-10-8-15(9-11-18)19-12-17(14-25-19)22(27)21-13-16-6-4-5-7-20(16)29-21/h4-14,25H,1-3H3,(H,26,28). The smallest absolute Gasteiger partial charge is 0.412 e. The minimum atomic E-state index is -0.558. The first-order valence-corrected chi connectivity index (χ1v) is 9.61. The van der Waals surface area contributed by atoms with Gasteiger partial charge in [-0.2, -0.15) is 0 Å². The molecule has 0 bridgehead atoms. The fourth-order valence-electron chi connectivity index (χ4n) is 3.08. The highest BCUT2D eigenvalue weighted by atomic mass is 16.6. The molecule has 2 heterocycles. The second-order valence-corrected chi connectivity index (χ2v) is 7.98. The van der Waals surface area contributed by atoms with Gasteiger partial charge < -0.3 is 14.1 Å². The molecule has 0 saturated carbocycles. The largest absolute Gasteiger partial charge is 0.453 e. The zero-order valence-corrected chi connectivity index (χ0v) is 17.0. The normalized spacial score (nSPS) is 11.4. The van der Waals surface area contributed by atoms with Gasteiger partial charge in [0, 0.05) is 28.5 Å². The van der Waals surface area contributed by atoms with Crippen LogP contribution in [0.5, 0.6) is 0 Å². The van der Waals surface area contributed by atoms with Crippen molar-refractivity contribution in [3.63, 3.8) is 0 Å². The lowest BCUT2D eigenvalue weighted by Crippen LogP contribution is -2.27. The average molecular weight is 402 g/mol. The Morgan fingerprint density at radius 1 is 1.00 bits per heavy atom. The van der Waals surface area contributed by atoms with E-state index in [0.717, 1.165) is 16.6 Å². The maximum Gasteiger partial charge on any atom is 0.412 e. The van der Waals surface area contributed by atoms with Gasteiger partial charge in [-0.1, -0.05) is 30.3 Å². The molecule has 0 fully saturated rings. The number of fused-ring (bicyclic) bond motifs is 1. The van der Waals surface area contributed by atoms with Gasteiger partial charge in [-0.25, -0.2) is 4.79 Å². The second-order valence-electron chi connectivity index (χ2n) is 7.98. The number of aromatic amines is 1. The number of carbonyl (C=O) groups excluding carboxylic acids is 2. The van der Waals surface area contributed by atoms with Crippen LogP contribution in [0, 0.1) is 0 Å². The van der Waals surface area contributed by atoms with E-state index in [1.54, 1.807) is 30.5 Å². The zero-order valence-electron chi connectivity index (χ0n) is 17.0. The highest BCUT2D eigenvalue weighted by Crippen LogP contribution is 2.25. The number of rotatable bonds is 4. The molecule has 152 valence electrons. The molecule has 1 amide bonds. The third-order valence-corrected chi connectivity index (χ3v) is 4.44. The van der Waals surface area contributed by atoms with Crippen molar-refractivity contribution >= 4 is 28.5 Å². The Morgan fingerprint density at radius 3 is 2.43 bits per heavy atom. The predicted molar refractivity (Wildman–Crippen MR) is 116 cm³/mol. The Labute approximate surface area is 173 Å². The lowest BCUT2D eigenvalue weighted by molar-refractivity contribution is 0.0635. The van der Waals surface area contributed by atoms with Gasteiger partial charge in [0.2, 0.25) is 5.78 Å². The number of aromatic nitrogens is 1. The SMILES string of the molecule is CC(C)(C)OC(=O)Nc1ccc(-c2cc(C(=O)c3cc4ccccc4o3)c[nH]2)cc1. The number of amides is 1. The number of H-pyrrole nitrogens is 1. The van der Waals surface area contributed by atoms with Crippen LogP contribution >= 0.6 is 0 Å². The zero-order chi connectivity index (χ0) is 21.3. The number of ketones is 1. The molecule has 0 aliphatic rings.